The van der Waals surface area contributed by atoms with Crippen LogP contribution in [-0.2, 0) is 35.5 Å². The van der Waals surface area contributed by atoms with E-state index in [0.717, 1.165) is 35.2 Å². The Hall–Kier alpha value is -2.18. The average molecular weight is 375 g/mol. The first-order valence-corrected chi connectivity index (χ1v) is 9.21. The molecule has 0 saturated carbocycles. The summed E-state index contributed by atoms with van der Waals surface area (Å²) in [6.07, 6.45) is 4.42. The topological polar surface area (TPSA) is 61.2 Å². The van der Waals surface area contributed by atoms with Crippen molar-refractivity contribution in [1.82, 2.24) is 9.55 Å². The summed E-state index contributed by atoms with van der Waals surface area (Å²) < 4.78 is 6.57. The number of aromatic nitrogens is 2. The van der Waals surface area contributed by atoms with Crippen LogP contribution in [0.15, 0.2) is 35.4 Å². The first-order valence-electron chi connectivity index (χ1n) is 8.02. The number of rotatable bonds is 4. The minimum Gasteiger partial charge on any atom is -0.459 e. The highest BCUT2D eigenvalue weighted by molar-refractivity contribution is 7.18. The molecule has 0 spiro atoms. The van der Waals surface area contributed by atoms with Gasteiger partial charge in [-0.2, -0.15) is 0 Å². The van der Waals surface area contributed by atoms with Crippen LogP contribution in [0.3, 0.4) is 0 Å². The van der Waals surface area contributed by atoms with Crippen LogP contribution < -0.4 is 5.56 Å². The molecule has 1 aliphatic carbocycles. The van der Waals surface area contributed by atoms with E-state index in [-0.39, 0.29) is 18.7 Å². The molecule has 5 nitrogen and oxygen atoms in total. The molecule has 0 saturated heterocycles. The number of hydrogen-bond donors (Lipinski definition) is 0. The molecule has 3 aromatic rings. The zero-order valence-electron chi connectivity index (χ0n) is 13.3. The fraction of sp³-hybridized carbons (Fsp3) is 0.278. The number of carbonyl (C=O) groups excluding carboxylic acids is 1. The van der Waals surface area contributed by atoms with Crippen molar-refractivity contribution in [2.45, 2.75) is 32.4 Å². The Morgan fingerprint density at radius 1 is 1.32 bits per heavy atom. The molecule has 0 amide bonds. The van der Waals surface area contributed by atoms with Gasteiger partial charge in [0.15, 0.2) is 0 Å². The lowest BCUT2D eigenvalue weighted by atomic mass is 10.2. The molecule has 128 valence electrons. The zero-order chi connectivity index (χ0) is 17.4. The molecule has 0 atom stereocenters. The molecule has 2 aromatic heterocycles. The van der Waals surface area contributed by atoms with Crippen molar-refractivity contribution in [2.75, 3.05) is 0 Å². The molecule has 7 heteroatoms. The quantitative estimate of drug-likeness (QED) is 0.657. The third-order valence-corrected chi connectivity index (χ3v) is 5.91. The molecule has 0 bridgehead atoms. The maximum atomic E-state index is 12.7. The summed E-state index contributed by atoms with van der Waals surface area (Å²) in [5, 5.41) is 1.21. The monoisotopic (exact) mass is 374 g/mol. The summed E-state index contributed by atoms with van der Waals surface area (Å²) in [7, 11) is 0. The Kier molecular flexibility index (Phi) is 4.31. The number of hydrogen-bond acceptors (Lipinski definition) is 5. The largest absolute Gasteiger partial charge is 0.459 e. The number of halogens is 1. The van der Waals surface area contributed by atoms with Crippen LogP contribution in [0.1, 0.15) is 22.4 Å². The molecule has 4 rings (SSSR count). The van der Waals surface area contributed by atoms with Gasteiger partial charge in [0.1, 0.15) is 18.0 Å². The zero-order valence-corrected chi connectivity index (χ0v) is 14.9. The number of aryl methyl sites for hydroxylation is 2. The SMILES string of the molecule is O=C(Cn1cnc2sc3c(c2c1=O)CCC3)OCc1ccccc1Cl. The minimum atomic E-state index is -0.491. The highest BCUT2D eigenvalue weighted by Gasteiger charge is 2.21. The standard InChI is InChI=1S/C18H15ClN2O3S/c19-13-6-2-1-4-11(13)9-24-15(22)8-21-10-20-17-16(18(21)23)12-5-3-7-14(12)25-17/h1-2,4,6,10H,3,5,7-9H2. The van der Waals surface area contributed by atoms with Crippen LogP contribution in [0, 0.1) is 0 Å². The van der Waals surface area contributed by atoms with Crippen LogP contribution in [0.2, 0.25) is 5.02 Å². The highest BCUT2D eigenvalue weighted by Crippen LogP contribution is 2.34. The van der Waals surface area contributed by atoms with Gasteiger partial charge in [0.05, 0.1) is 11.7 Å². The van der Waals surface area contributed by atoms with E-state index in [0.29, 0.717) is 10.4 Å². The van der Waals surface area contributed by atoms with E-state index in [1.807, 2.05) is 12.1 Å². The number of benzene rings is 1. The molecule has 2 heterocycles. The van der Waals surface area contributed by atoms with Gasteiger partial charge in [-0.1, -0.05) is 29.8 Å². The van der Waals surface area contributed by atoms with Gasteiger partial charge in [0, 0.05) is 15.5 Å². The summed E-state index contributed by atoms with van der Waals surface area (Å²) in [6, 6.07) is 7.18. The number of thiophene rings is 1. The lowest BCUT2D eigenvalue weighted by Gasteiger charge is -2.08. The maximum absolute atomic E-state index is 12.7. The van der Waals surface area contributed by atoms with Gasteiger partial charge in [-0.3, -0.25) is 14.2 Å². The number of carbonyl (C=O) groups is 1. The van der Waals surface area contributed by atoms with Crippen LogP contribution >= 0.6 is 22.9 Å². The van der Waals surface area contributed by atoms with Crippen LogP contribution in [0.5, 0.6) is 0 Å². The van der Waals surface area contributed by atoms with E-state index < -0.39 is 5.97 Å². The van der Waals surface area contributed by atoms with Gasteiger partial charge in [-0.15, -0.1) is 11.3 Å². The number of fused-ring (bicyclic) bond motifs is 3. The first-order chi connectivity index (χ1) is 12.1. The van der Waals surface area contributed by atoms with Gasteiger partial charge >= 0.3 is 5.97 Å². The molecule has 1 aromatic carbocycles. The summed E-state index contributed by atoms with van der Waals surface area (Å²) >= 11 is 7.63. The van der Waals surface area contributed by atoms with Crippen molar-refractivity contribution >= 4 is 39.1 Å². The first kappa shape index (κ1) is 16.3. The lowest BCUT2D eigenvalue weighted by Crippen LogP contribution is -2.25. The smallest absolute Gasteiger partial charge is 0.326 e. The summed E-state index contributed by atoms with van der Waals surface area (Å²) in [5.74, 6) is -0.491. The van der Waals surface area contributed by atoms with Gasteiger partial charge in [0.2, 0.25) is 0 Å². The summed E-state index contributed by atoms with van der Waals surface area (Å²) in [5.41, 5.74) is 1.67. The van der Waals surface area contributed by atoms with Crippen molar-refractivity contribution in [3.8, 4) is 0 Å². The molecular weight excluding hydrogens is 360 g/mol. The second-order valence-electron chi connectivity index (χ2n) is 5.97. The molecular formula is C18H15ClN2O3S. The molecule has 25 heavy (non-hydrogen) atoms. The Morgan fingerprint density at radius 2 is 2.16 bits per heavy atom. The van der Waals surface area contributed by atoms with Crippen LogP contribution in [0.25, 0.3) is 10.2 Å². The predicted octanol–water partition coefficient (Wildman–Crippen LogP) is 3.34. The fourth-order valence-electron chi connectivity index (χ4n) is 3.09. The van der Waals surface area contributed by atoms with Gasteiger partial charge in [-0.05, 0) is 30.9 Å². The van der Waals surface area contributed by atoms with E-state index >= 15 is 0 Å². The van der Waals surface area contributed by atoms with Crippen LogP contribution in [-0.4, -0.2) is 15.5 Å². The predicted molar refractivity (Wildman–Crippen MR) is 97.2 cm³/mol. The maximum Gasteiger partial charge on any atom is 0.326 e. The molecule has 0 N–H and O–H groups in total. The van der Waals surface area contributed by atoms with Crippen molar-refractivity contribution in [3.05, 3.63) is 62.0 Å². The third-order valence-electron chi connectivity index (χ3n) is 4.34. The van der Waals surface area contributed by atoms with Crippen molar-refractivity contribution < 1.29 is 9.53 Å². The van der Waals surface area contributed by atoms with E-state index in [2.05, 4.69) is 4.98 Å². The molecule has 0 aliphatic heterocycles. The molecule has 1 aliphatic rings. The molecule has 0 fully saturated rings. The number of esters is 1. The van der Waals surface area contributed by atoms with Crippen molar-refractivity contribution in [2.24, 2.45) is 0 Å². The molecule has 0 unspecified atom stereocenters. The van der Waals surface area contributed by atoms with Crippen LogP contribution in [0.4, 0.5) is 0 Å². The third kappa shape index (κ3) is 3.07. The molecule has 0 radical (unpaired) electrons. The Bertz CT molecular complexity index is 1020. The minimum absolute atomic E-state index is 0.0801. The highest BCUT2D eigenvalue weighted by atomic mass is 35.5. The lowest BCUT2D eigenvalue weighted by molar-refractivity contribution is -0.145. The van der Waals surface area contributed by atoms with E-state index in [1.54, 1.807) is 23.5 Å². The Labute approximate surface area is 152 Å². The Morgan fingerprint density at radius 3 is 3.00 bits per heavy atom. The van der Waals surface area contributed by atoms with Crippen molar-refractivity contribution in [1.29, 1.82) is 0 Å². The number of nitrogens with zero attached hydrogens (tertiary/aromatic N) is 2. The van der Waals surface area contributed by atoms with E-state index in [1.165, 1.54) is 15.8 Å². The van der Waals surface area contributed by atoms with E-state index in [4.69, 9.17) is 16.3 Å². The summed E-state index contributed by atoms with van der Waals surface area (Å²) in [6.45, 7) is -0.0758. The van der Waals surface area contributed by atoms with Gasteiger partial charge in [-0.25, -0.2) is 4.98 Å². The Balaban J connectivity index is 1.52. The van der Waals surface area contributed by atoms with E-state index in [9.17, 15) is 9.59 Å². The average Bonchev–Trinajstić information content (AvgIpc) is 3.17. The second-order valence-corrected chi connectivity index (χ2v) is 7.46. The van der Waals surface area contributed by atoms with Gasteiger partial charge in [0.25, 0.3) is 5.56 Å². The number of ether oxygens (including phenoxy) is 1. The second kappa shape index (κ2) is 6.61. The summed E-state index contributed by atoms with van der Waals surface area (Å²) in [4.78, 5) is 31.2. The van der Waals surface area contributed by atoms with Gasteiger partial charge < -0.3 is 4.74 Å². The fourth-order valence-corrected chi connectivity index (χ4v) is 4.50. The normalized spacial score (nSPS) is 13.2. The van der Waals surface area contributed by atoms with Crippen molar-refractivity contribution in [3.63, 3.8) is 0 Å².